The van der Waals surface area contributed by atoms with Gasteiger partial charge in [0.15, 0.2) is 0 Å². The van der Waals surface area contributed by atoms with Crippen LogP contribution in [0.5, 0.6) is 0 Å². The van der Waals surface area contributed by atoms with Gasteiger partial charge in [-0.15, -0.1) is 0 Å². The highest BCUT2D eigenvalue weighted by Crippen LogP contribution is 2.30. The first-order valence-corrected chi connectivity index (χ1v) is 5.68. The number of thiophene rings is 1. The van der Waals surface area contributed by atoms with Gasteiger partial charge in [-0.2, -0.15) is 11.3 Å². The van der Waals surface area contributed by atoms with Crippen molar-refractivity contribution in [2.24, 2.45) is 0 Å². The van der Waals surface area contributed by atoms with Gasteiger partial charge in [-0.05, 0) is 34.5 Å². The first kappa shape index (κ1) is 8.56. The van der Waals surface area contributed by atoms with E-state index < -0.39 is 0 Å². The van der Waals surface area contributed by atoms with E-state index in [0.29, 0.717) is 0 Å². The minimum absolute atomic E-state index is 0.793. The molecule has 1 aromatic carbocycles. The molecule has 0 aliphatic heterocycles. The zero-order chi connectivity index (χ0) is 10.3. The predicted molar refractivity (Wildman–Crippen MR) is 66.0 cm³/mol. The number of hydrogen-bond acceptors (Lipinski definition) is 2. The van der Waals surface area contributed by atoms with Crippen molar-refractivity contribution in [2.75, 3.05) is 5.73 Å². The van der Waals surface area contributed by atoms with Crippen LogP contribution in [-0.2, 0) is 0 Å². The minimum Gasteiger partial charge on any atom is -0.399 e. The Kier molecular flexibility index (Phi) is 1.79. The fourth-order valence-electron chi connectivity index (χ4n) is 1.80. The van der Waals surface area contributed by atoms with Crippen molar-refractivity contribution < 1.29 is 0 Å². The highest BCUT2D eigenvalue weighted by atomic mass is 32.1. The molecule has 0 bridgehead atoms. The number of hydrogen-bond donors (Lipinski definition) is 2. The molecule has 0 amide bonds. The molecule has 0 aliphatic rings. The van der Waals surface area contributed by atoms with Gasteiger partial charge in [0.1, 0.15) is 0 Å². The summed E-state index contributed by atoms with van der Waals surface area (Å²) in [6, 6.07) is 8.09. The molecule has 3 rings (SSSR count). The normalized spacial score (nSPS) is 10.9. The lowest BCUT2D eigenvalue weighted by molar-refractivity contribution is 1.48. The first-order valence-electron chi connectivity index (χ1n) is 4.74. The van der Waals surface area contributed by atoms with E-state index in [9.17, 15) is 0 Å². The van der Waals surface area contributed by atoms with Gasteiger partial charge >= 0.3 is 0 Å². The van der Waals surface area contributed by atoms with Crippen LogP contribution < -0.4 is 5.73 Å². The summed E-state index contributed by atoms with van der Waals surface area (Å²) >= 11 is 1.71. The van der Waals surface area contributed by atoms with Crippen molar-refractivity contribution in [3.05, 3.63) is 41.2 Å². The molecule has 0 saturated heterocycles. The Bertz CT molecular complexity index is 593. The van der Waals surface area contributed by atoms with Crippen molar-refractivity contribution in [1.29, 1.82) is 0 Å². The van der Waals surface area contributed by atoms with Gasteiger partial charge in [0.2, 0.25) is 0 Å². The largest absolute Gasteiger partial charge is 0.399 e. The average molecular weight is 214 g/mol. The van der Waals surface area contributed by atoms with Gasteiger partial charge in [-0.1, -0.05) is 6.07 Å². The number of aromatic amines is 1. The lowest BCUT2D eigenvalue weighted by Gasteiger charge is -1.96. The van der Waals surface area contributed by atoms with Gasteiger partial charge in [-0.25, -0.2) is 0 Å². The van der Waals surface area contributed by atoms with Gasteiger partial charge in [0.25, 0.3) is 0 Å². The molecule has 2 heterocycles. The Morgan fingerprint density at radius 3 is 2.93 bits per heavy atom. The molecule has 3 aromatic rings. The third-order valence-electron chi connectivity index (χ3n) is 2.54. The van der Waals surface area contributed by atoms with Crippen molar-refractivity contribution >= 4 is 27.9 Å². The van der Waals surface area contributed by atoms with E-state index in [1.165, 1.54) is 16.5 Å². The summed E-state index contributed by atoms with van der Waals surface area (Å²) in [5, 5.41) is 5.47. The fourth-order valence-corrected chi connectivity index (χ4v) is 2.46. The molecule has 2 nitrogen and oxygen atoms in total. The molecule has 0 unspecified atom stereocenters. The maximum Gasteiger partial charge on any atom is 0.0481 e. The lowest BCUT2D eigenvalue weighted by atomic mass is 10.1. The smallest absolute Gasteiger partial charge is 0.0481 e. The third-order valence-corrected chi connectivity index (χ3v) is 3.22. The third kappa shape index (κ3) is 1.32. The number of nitrogens with one attached hydrogen (secondary N) is 1. The molecule has 3 N–H and O–H groups in total. The molecule has 0 saturated carbocycles. The first-order chi connectivity index (χ1) is 7.34. The fraction of sp³-hybridized carbons (Fsp3) is 0. The SMILES string of the molecule is Nc1ccc2c(-c3ccsc3)c[nH]c2c1. The minimum atomic E-state index is 0.793. The number of rotatable bonds is 1. The Labute approximate surface area is 91.4 Å². The van der Waals surface area contributed by atoms with Crippen LogP contribution in [0.4, 0.5) is 5.69 Å². The van der Waals surface area contributed by atoms with Crippen LogP contribution in [0.15, 0.2) is 41.2 Å². The van der Waals surface area contributed by atoms with E-state index in [4.69, 9.17) is 5.73 Å². The van der Waals surface area contributed by atoms with Gasteiger partial charge in [0, 0.05) is 28.4 Å². The van der Waals surface area contributed by atoms with Crippen LogP contribution in [-0.4, -0.2) is 4.98 Å². The maximum atomic E-state index is 5.73. The molecule has 3 heteroatoms. The highest BCUT2D eigenvalue weighted by Gasteiger charge is 2.05. The van der Waals surface area contributed by atoms with Gasteiger partial charge in [0.05, 0.1) is 0 Å². The topological polar surface area (TPSA) is 41.8 Å². The van der Waals surface area contributed by atoms with Gasteiger partial charge in [-0.3, -0.25) is 0 Å². The van der Waals surface area contributed by atoms with E-state index in [-0.39, 0.29) is 0 Å². The quantitative estimate of drug-likeness (QED) is 0.598. The Hall–Kier alpha value is -1.74. The van der Waals surface area contributed by atoms with Crippen LogP contribution in [0.1, 0.15) is 0 Å². The van der Waals surface area contributed by atoms with Crippen molar-refractivity contribution in [3.63, 3.8) is 0 Å². The number of nitrogens with two attached hydrogens (primary N) is 1. The lowest BCUT2D eigenvalue weighted by Crippen LogP contribution is -1.82. The van der Waals surface area contributed by atoms with Crippen LogP contribution in [0.2, 0.25) is 0 Å². The Morgan fingerprint density at radius 2 is 2.13 bits per heavy atom. The molecule has 2 aromatic heterocycles. The highest BCUT2D eigenvalue weighted by molar-refractivity contribution is 7.08. The summed E-state index contributed by atoms with van der Waals surface area (Å²) in [5.41, 5.74) is 10.1. The summed E-state index contributed by atoms with van der Waals surface area (Å²) in [6.07, 6.45) is 2.03. The molecule has 15 heavy (non-hydrogen) atoms. The summed E-state index contributed by atoms with van der Waals surface area (Å²) in [7, 11) is 0. The van der Waals surface area contributed by atoms with Crippen molar-refractivity contribution in [1.82, 2.24) is 4.98 Å². The standard InChI is InChI=1S/C12H10N2S/c13-9-1-2-10-11(6-14-12(10)5-9)8-3-4-15-7-8/h1-7,14H,13H2. The molecule has 0 spiro atoms. The van der Waals surface area contributed by atoms with Gasteiger partial charge < -0.3 is 10.7 Å². The van der Waals surface area contributed by atoms with E-state index in [1.807, 2.05) is 18.3 Å². The number of anilines is 1. The van der Waals surface area contributed by atoms with Crippen molar-refractivity contribution in [3.8, 4) is 11.1 Å². The maximum absolute atomic E-state index is 5.73. The zero-order valence-electron chi connectivity index (χ0n) is 8.03. The molecular weight excluding hydrogens is 204 g/mol. The molecular formula is C12H10N2S. The predicted octanol–water partition coefficient (Wildman–Crippen LogP) is 3.48. The van der Waals surface area contributed by atoms with E-state index in [2.05, 4.69) is 27.9 Å². The zero-order valence-corrected chi connectivity index (χ0v) is 8.84. The molecule has 0 atom stereocenters. The number of aromatic nitrogens is 1. The Balaban J connectivity index is 2.29. The molecule has 0 aliphatic carbocycles. The van der Waals surface area contributed by atoms with E-state index >= 15 is 0 Å². The Morgan fingerprint density at radius 1 is 1.20 bits per heavy atom. The summed E-state index contributed by atoms with van der Waals surface area (Å²) in [4.78, 5) is 3.24. The monoisotopic (exact) mass is 214 g/mol. The van der Waals surface area contributed by atoms with E-state index in [0.717, 1.165) is 11.2 Å². The van der Waals surface area contributed by atoms with Crippen LogP contribution in [0.3, 0.4) is 0 Å². The summed E-state index contributed by atoms with van der Waals surface area (Å²) in [5.74, 6) is 0. The number of H-pyrrole nitrogens is 1. The summed E-state index contributed by atoms with van der Waals surface area (Å²) in [6.45, 7) is 0. The summed E-state index contributed by atoms with van der Waals surface area (Å²) < 4.78 is 0. The number of benzene rings is 1. The number of nitrogen functional groups attached to an aromatic ring is 1. The van der Waals surface area contributed by atoms with E-state index in [1.54, 1.807) is 11.3 Å². The average Bonchev–Trinajstić information content (AvgIpc) is 2.82. The van der Waals surface area contributed by atoms with Crippen LogP contribution >= 0.6 is 11.3 Å². The second-order valence-electron chi connectivity index (χ2n) is 3.52. The molecule has 0 fully saturated rings. The van der Waals surface area contributed by atoms with Crippen LogP contribution in [0.25, 0.3) is 22.0 Å². The second kappa shape index (κ2) is 3.14. The van der Waals surface area contributed by atoms with Crippen LogP contribution in [0, 0.1) is 0 Å². The number of fused-ring (bicyclic) bond motifs is 1. The second-order valence-corrected chi connectivity index (χ2v) is 4.30. The van der Waals surface area contributed by atoms with Crippen molar-refractivity contribution in [2.45, 2.75) is 0 Å². The molecule has 0 radical (unpaired) electrons. The molecule has 74 valence electrons.